The molecule has 2 amide bonds. The van der Waals surface area contributed by atoms with Gasteiger partial charge in [0.25, 0.3) is 0 Å². The van der Waals surface area contributed by atoms with Crippen LogP contribution >= 0.6 is 0 Å². The summed E-state index contributed by atoms with van der Waals surface area (Å²) < 4.78 is 14.5. The smallest absolute Gasteiger partial charge is 0.317 e. The Morgan fingerprint density at radius 1 is 1.24 bits per heavy atom. The number of halogens is 1. The third kappa shape index (κ3) is 4.20. The fourth-order valence-corrected chi connectivity index (χ4v) is 2.93. The quantitative estimate of drug-likeness (QED) is 0.856. The Labute approximate surface area is 144 Å². The highest BCUT2D eigenvalue weighted by molar-refractivity contribution is 5.98. The van der Waals surface area contributed by atoms with Crippen LogP contribution in [0.25, 0.3) is 0 Å². The van der Waals surface area contributed by atoms with Crippen molar-refractivity contribution in [3.8, 4) is 0 Å². The molecule has 2 heterocycles. The lowest BCUT2D eigenvalue weighted by atomic mass is 9.89. The van der Waals surface area contributed by atoms with Crippen LogP contribution in [-0.2, 0) is 13.6 Å². The number of aromatic nitrogens is 3. The van der Waals surface area contributed by atoms with Crippen molar-refractivity contribution in [2.24, 2.45) is 13.0 Å². The molecule has 0 saturated carbocycles. The van der Waals surface area contributed by atoms with Gasteiger partial charge < -0.3 is 10.2 Å². The molecule has 0 spiro atoms. The van der Waals surface area contributed by atoms with E-state index < -0.39 is 0 Å². The van der Waals surface area contributed by atoms with E-state index in [9.17, 15) is 14.0 Å². The topological polar surface area (TPSA) is 80.1 Å². The van der Waals surface area contributed by atoms with Gasteiger partial charge in [0.15, 0.2) is 11.6 Å². The Kier molecular flexibility index (Phi) is 5.06. The van der Waals surface area contributed by atoms with Crippen LogP contribution in [-0.4, -0.2) is 44.6 Å². The van der Waals surface area contributed by atoms with Crippen LogP contribution in [0.4, 0.5) is 9.18 Å². The molecule has 3 rings (SSSR count). The van der Waals surface area contributed by atoms with Crippen LogP contribution in [0.2, 0.25) is 0 Å². The van der Waals surface area contributed by atoms with E-state index in [1.54, 1.807) is 23.0 Å². The minimum atomic E-state index is -0.356. The van der Waals surface area contributed by atoms with Gasteiger partial charge >= 0.3 is 6.03 Å². The minimum absolute atomic E-state index is 0.0118. The Morgan fingerprint density at radius 3 is 2.52 bits per heavy atom. The second-order valence-electron chi connectivity index (χ2n) is 6.13. The lowest BCUT2D eigenvalue weighted by molar-refractivity contribution is 0.0854. The number of hydrogen-bond acceptors (Lipinski definition) is 4. The number of nitrogens with one attached hydrogen (secondary N) is 1. The van der Waals surface area contributed by atoms with Gasteiger partial charge in [0, 0.05) is 31.6 Å². The molecule has 1 aliphatic heterocycles. The zero-order chi connectivity index (χ0) is 17.8. The summed E-state index contributed by atoms with van der Waals surface area (Å²) in [5.41, 5.74) is 0.519. The van der Waals surface area contributed by atoms with E-state index in [0.29, 0.717) is 37.3 Å². The molecular formula is C17H20FN5O2. The summed E-state index contributed by atoms with van der Waals surface area (Å²) in [6.07, 6.45) is 2.78. The molecule has 8 heteroatoms. The molecule has 0 unspecified atom stereocenters. The molecule has 0 radical (unpaired) electrons. The number of urea groups is 1. The minimum Gasteiger partial charge on any atom is -0.331 e. The van der Waals surface area contributed by atoms with Crippen molar-refractivity contribution in [3.63, 3.8) is 0 Å². The Morgan fingerprint density at radius 2 is 1.92 bits per heavy atom. The molecular weight excluding hydrogens is 325 g/mol. The molecule has 132 valence electrons. The monoisotopic (exact) mass is 345 g/mol. The molecule has 1 aromatic heterocycles. The SMILES string of the molecule is Cn1cnc(CNC(=O)N2CCC(C(=O)c3ccc(F)cc3)CC2)n1. The number of Topliss-reactive ketones (excluding diaryl/α,β-unsaturated/α-hetero) is 1. The Hall–Kier alpha value is -2.77. The molecule has 0 atom stereocenters. The van der Waals surface area contributed by atoms with Gasteiger partial charge in [0.1, 0.15) is 12.1 Å². The highest BCUT2D eigenvalue weighted by Crippen LogP contribution is 2.22. The second kappa shape index (κ2) is 7.42. The maximum absolute atomic E-state index is 13.0. The van der Waals surface area contributed by atoms with E-state index in [0.717, 1.165) is 0 Å². The number of likely N-dealkylation sites (tertiary alicyclic amines) is 1. The van der Waals surface area contributed by atoms with Gasteiger partial charge in [0.05, 0.1) is 6.54 Å². The lowest BCUT2D eigenvalue weighted by Gasteiger charge is -2.31. The van der Waals surface area contributed by atoms with Crippen LogP contribution in [0.5, 0.6) is 0 Å². The van der Waals surface area contributed by atoms with Crippen LogP contribution in [0, 0.1) is 11.7 Å². The fraction of sp³-hybridized carbons (Fsp3) is 0.412. The number of benzene rings is 1. The maximum Gasteiger partial charge on any atom is 0.317 e. The van der Waals surface area contributed by atoms with Gasteiger partial charge in [-0.05, 0) is 37.1 Å². The van der Waals surface area contributed by atoms with Gasteiger partial charge in [-0.3, -0.25) is 9.48 Å². The normalized spacial score (nSPS) is 15.2. The van der Waals surface area contributed by atoms with Crippen LogP contribution < -0.4 is 5.32 Å². The van der Waals surface area contributed by atoms with E-state index >= 15 is 0 Å². The first-order valence-electron chi connectivity index (χ1n) is 8.20. The number of aryl methyl sites for hydroxylation is 1. The average Bonchev–Trinajstić information content (AvgIpc) is 3.05. The highest BCUT2D eigenvalue weighted by atomic mass is 19.1. The van der Waals surface area contributed by atoms with Crippen molar-refractivity contribution < 1.29 is 14.0 Å². The molecule has 7 nitrogen and oxygen atoms in total. The third-order valence-corrected chi connectivity index (χ3v) is 4.33. The predicted octanol–water partition coefficient (Wildman–Crippen LogP) is 1.76. The van der Waals surface area contributed by atoms with Crippen molar-refractivity contribution in [3.05, 3.63) is 47.8 Å². The van der Waals surface area contributed by atoms with E-state index in [1.807, 2.05) is 0 Å². The van der Waals surface area contributed by atoms with E-state index in [4.69, 9.17) is 0 Å². The zero-order valence-electron chi connectivity index (χ0n) is 14.0. The first-order valence-corrected chi connectivity index (χ1v) is 8.20. The predicted molar refractivity (Wildman–Crippen MR) is 88.3 cm³/mol. The van der Waals surface area contributed by atoms with E-state index in [-0.39, 0.29) is 30.1 Å². The van der Waals surface area contributed by atoms with Crippen molar-refractivity contribution in [1.82, 2.24) is 25.0 Å². The number of piperidine rings is 1. The average molecular weight is 345 g/mol. The summed E-state index contributed by atoms with van der Waals surface area (Å²) in [6, 6.07) is 5.43. The molecule has 25 heavy (non-hydrogen) atoms. The van der Waals surface area contributed by atoms with E-state index in [1.165, 1.54) is 24.3 Å². The van der Waals surface area contributed by atoms with Gasteiger partial charge in [-0.2, -0.15) is 5.10 Å². The molecule has 2 aromatic rings. The third-order valence-electron chi connectivity index (χ3n) is 4.33. The number of rotatable bonds is 4. The highest BCUT2D eigenvalue weighted by Gasteiger charge is 2.28. The second-order valence-corrected chi connectivity index (χ2v) is 6.13. The molecule has 1 N–H and O–H groups in total. The van der Waals surface area contributed by atoms with Crippen molar-refractivity contribution in [2.45, 2.75) is 19.4 Å². The molecule has 1 aliphatic rings. The summed E-state index contributed by atoms with van der Waals surface area (Å²) in [5.74, 6) is 0.0763. The van der Waals surface area contributed by atoms with Crippen molar-refractivity contribution in [1.29, 1.82) is 0 Å². The largest absolute Gasteiger partial charge is 0.331 e. The Balaban J connectivity index is 1.48. The summed E-state index contributed by atoms with van der Waals surface area (Å²) in [6.45, 7) is 1.30. The first-order chi connectivity index (χ1) is 12.0. The number of carbonyl (C=O) groups excluding carboxylic acids is 2. The summed E-state index contributed by atoms with van der Waals surface area (Å²) in [4.78, 5) is 30.4. The Bertz CT molecular complexity index is 751. The molecule has 1 saturated heterocycles. The lowest BCUT2D eigenvalue weighted by Crippen LogP contribution is -2.45. The number of amides is 2. The van der Waals surface area contributed by atoms with Gasteiger partial charge in [0.2, 0.25) is 0 Å². The summed E-state index contributed by atoms with van der Waals surface area (Å²) in [5, 5.41) is 6.89. The van der Waals surface area contributed by atoms with Gasteiger partial charge in [-0.15, -0.1) is 0 Å². The first kappa shape index (κ1) is 17.1. The van der Waals surface area contributed by atoms with E-state index in [2.05, 4.69) is 15.4 Å². The standard InChI is InChI=1S/C17H20FN5O2/c1-22-11-20-15(21-22)10-19-17(25)23-8-6-13(7-9-23)16(24)12-2-4-14(18)5-3-12/h2-5,11,13H,6-10H2,1H3,(H,19,25). The number of nitrogens with zero attached hydrogens (tertiary/aromatic N) is 4. The number of carbonyl (C=O) groups is 2. The van der Waals surface area contributed by atoms with Crippen LogP contribution in [0.1, 0.15) is 29.0 Å². The fourth-order valence-electron chi connectivity index (χ4n) is 2.93. The number of ketones is 1. The van der Waals surface area contributed by atoms with Gasteiger partial charge in [-0.25, -0.2) is 14.2 Å². The van der Waals surface area contributed by atoms with Gasteiger partial charge in [-0.1, -0.05) is 0 Å². The molecule has 0 aliphatic carbocycles. The summed E-state index contributed by atoms with van der Waals surface area (Å²) in [7, 11) is 1.77. The van der Waals surface area contributed by atoms with Crippen molar-refractivity contribution >= 4 is 11.8 Å². The van der Waals surface area contributed by atoms with Crippen LogP contribution in [0.15, 0.2) is 30.6 Å². The maximum atomic E-state index is 13.0. The zero-order valence-corrected chi connectivity index (χ0v) is 14.0. The molecule has 1 fully saturated rings. The number of hydrogen-bond donors (Lipinski definition) is 1. The van der Waals surface area contributed by atoms with Crippen LogP contribution in [0.3, 0.4) is 0 Å². The molecule has 0 bridgehead atoms. The van der Waals surface area contributed by atoms with Crippen molar-refractivity contribution in [2.75, 3.05) is 13.1 Å². The summed E-state index contributed by atoms with van der Waals surface area (Å²) >= 11 is 0. The molecule has 1 aromatic carbocycles.